The van der Waals surface area contributed by atoms with Gasteiger partial charge < -0.3 is 0 Å². The Morgan fingerprint density at radius 1 is 1.11 bits per heavy atom. The summed E-state index contributed by atoms with van der Waals surface area (Å²) in [6, 6.07) is 9.99. The molecular weight excluding hydrogens is 535 g/mol. The molecule has 2 aromatic heterocycles. The van der Waals surface area contributed by atoms with Crippen LogP contribution in [0, 0.1) is 24.6 Å². The van der Waals surface area contributed by atoms with Gasteiger partial charge >= 0.3 is 0 Å². The molecule has 3 heterocycles. The quantitative estimate of drug-likeness (QED) is 0.313. The number of hydrogen-bond donors (Lipinski definition) is 0. The Hall–Kier alpha value is -3.20. The maximum absolute atomic E-state index is 13.4. The number of hydrogen-bond acceptors (Lipinski definition) is 8. The minimum absolute atomic E-state index is 0.0329. The third kappa shape index (κ3) is 3.94. The second-order valence-electron chi connectivity index (χ2n) is 9.97. The number of piperidine rings is 1. The van der Waals surface area contributed by atoms with Crippen LogP contribution in [0.1, 0.15) is 11.1 Å². The van der Waals surface area contributed by atoms with E-state index in [0.29, 0.717) is 5.69 Å². The molecule has 3 atom stereocenters. The van der Waals surface area contributed by atoms with E-state index in [4.69, 9.17) is 4.18 Å². The summed E-state index contributed by atoms with van der Waals surface area (Å²) >= 11 is 0. The Kier molecular flexibility index (Phi) is 5.55. The predicted molar refractivity (Wildman–Crippen MR) is 135 cm³/mol. The van der Waals surface area contributed by atoms with Crippen LogP contribution in [0.25, 0.3) is 16.6 Å². The van der Waals surface area contributed by atoms with Crippen LogP contribution >= 0.6 is 0 Å². The van der Waals surface area contributed by atoms with E-state index in [1.807, 2.05) is 19.1 Å². The van der Waals surface area contributed by atoms with Crippen molar-refractivity contribution >= 4 is 31.0 Å². The summed E-state index contributed by atoms with van der Waals surface area (Å²) in [7, 11) is -6.01. The zero-order chi connectivity index (χ0) is 27.0. The Labute approximate surface area is 219 Å². The monoisotopic (exact) mass is 560 g/mol. The summed E-state index contributed by atoms with van der Waals surface area (Å²) in [6.07, 6.45) is 3.93. The number of benzene rings is 2. The van der Waals surface area contributed by atoms with E-state index in [9.17, 15) is 21.2 Å². The molecule has 1 saturated carbocycles. The molecule has 2 aliphatic rings. The van der Waals surface area contributed by atoms with Crippen molar-refractivity contribution in [2.45, 2.75) is 17.4 Å². The Bertz CT molecular complexity index is 1780. The van der Waals surface area contributed by atoms with Crippen LogP contribution < -0.4 is 0 Å². The molecule has 4 aromatic rings. The van der Waals surface area contributed by atoms with Crippen LogP contribution in [-0.2, 0) is 36.8 Å². The molecule has 38 heavy (non-hydrogen) atoms. The molecule has 0 spiro atoms. The summed E-state index contributed by atoms with van der Waals surface area (Å²) < 4.78 is 71.9. The summed E-state index contributed by atoms with van der Waals surface area (Å²) in [6.45, 7) is 2.28. The van der Waals surface area contributed by atoms with Crippen molar-refractivity contribution in [2.75, 3.05) is 26.0 Å². The minimum Gasteiger partial charge on any atom is -0.270 e. The average Bonchev–Trinajstić information content (AvgIpc) is 3.30. The second-order valence-corrected chi connectivity index (χ2v) is 13.5. The smallest absolute Gasteiger partial charge is 0.264 e. The zero-order valence-electron chi connectivity index (χ0n) is 20.8. The lowest BCUT2D eigenvalue weighted by Crippen LogP contribution is -2.36. The van der Waals surface area contributed by atoms with E-state index in [1.54, 1.807) is 30.1 Å². The summed E-state index contributed by atoms with van der Waals surface area (Å²) in [4.78, 5) is 1.19. The highest BCUT2D eigenvalue weighted by Gasteiger charge is 2.71. The fraction of sp³-hybridized carbons (Fsp3) is 0.375. The van der Waals surface area contributed by atoms with Crippen LogP contribution in [0.2, 0.25) is 0 Å². The standard InChI is InChI=1S/C24H25FN6O5S2/c1-15-8-22-16(10-27-31(22)18-6-4-17(25)5-7-18)9-19(15)24-14-30(38(34,35)23-11-26-29(2)28-23)12-20(24)21(24)13-36-37(3,32)33/h4-11,20-21H,12-14H2,1-3H3/t20-,21-,24+/m1/s1. The molecule has 2 aromatic carbocycles. The molecule has 6 rings (SSSR count). The lowest BCUT2D eigenvalue weighted by atomic mass is 9.88. The molecular formula is C24H25FN6O5S2. The van der Waals surface area contributed by atoms with Gasteiger partial charge in [-0.1, -0.05) is 0 Å². The first-order chi connectivity index (χ1) is 17.9. The SMILES string of the molecule is Cc1cc2c(cnn2-c2ccc(F)cc2)cc1[C@@]12CN(S(=O)(=O)c3cnn(C)n3)C[C@@H]1[C@H]2COS(C)(=O)=O. The first-order valence-corrected chi connectivity index (χ1v) is 15.1. The maximum atomic E-state index is 13.4. The summed E-state index contributed by atoms with van der Waals surface area (Å²) in [5.74, 6) is -0.667. The molecule has 0 N–H and O–H groups in total. The second kappa shape index (κ2) is 8.40. The van der Waals surface area contributed by atoms with Crippen LogP contribution in [-0.4, -0.2) is 71.9 Å². The molecule has 1 aliphatic heterocycles. The molecule has 0 amide bonds. The highest BCUT2D eigenvalue weighted by Crippen LogP contribution is 2.65. The molecule has 1 aliphatic carbocycles. The molecule has 0 radical (unpaired) electrons. The van der Waals surface area contributed by atoms with E-state index in [-0.39, 0.29) is 42.4 Å². The first kappa shape index (κ1) is 25.1. The van der Waals surface area contributed by atoms with E-state index >= 15 is 0 Å². The number of aromatic nitrogens is 5. The Balaban J connectivity index is 1.40. The highest BCUT2D eigenvalue weighted by molar-refractivity contribution is 7.89. The van der Waals surface area contributed by atoms with E-state index in [1.165, 1.54) is 27.4 Å². The van der Waals surface area contributed by atoms with Gasteiger partial charge in [0, 0.05) is 30.9 Å². The molecule has 0 bridgehead atoms. The van der Waals surface area contributed by atoms with Crippen molar-refractivity contribution in [1.82, 2.24) is 29.1 Å². The fourth-order valence-electron chi connectivity index (χ4n) is 5.88. The number of nitrogens with zero attached hydrogens (tertiary/aromatic N) is 6. The molecule has 0 unspecified atom stereocenters. The highest BCUT2D eigenvalue weighted by atomic mass is 32.2. The fourth-order valence-corrected chi connectivity index (χ4v) is 7.68. The van der Waals surface area contributed by atoms with Gasteiger partial charge in [-0.2, -0.15) is 27.7 Å². The zero-order valence-corrected chi connectivity index (χ0v) is 22.4. The van der Waals surface area contributed by atoms with Gasteiger partial charge in [0.15, 0.2) is 0 Å². The van der Waals surface area contributed by atoms with E-state index < -0.39 is 25.6 Å². The van der Waals surface area contributed by atoms with Gasteiger partial charge in [-0.25, -0.2) is 17.5 Å². The summed E-state index contributed by atoms with van der Waals surface area (Å²) in [5.41, 5.74) is 2.73. The normalized spacial score (nSPS) is 23.7. The van der Waals surface area contributed by atoms with Gasteiger partial charge in [-0.3, -0.25) is 4.18 Å². The van der Waals surface area contributed by atoms with Crippen molar-refractivity contribution in [3.63, 3.8) is 0 Å². The van der Waals surface area contributed by atoms with Crippen LogP contribution in [0.3, 0.4) is 0 Å². The lowest BCUT2D eigenvalue weighted by molar-refractivity contribution is 0.267. The third-order valence-electron chi connectivity index (χ3n) is 7.67. The topological polar surface area (TPSA) is 129 Å². The number of halogens is 1. The molecule has 1 saturated heterocycles. The van der Waals surface area contributed by atoms with Crippen molar-refractivity contribution in [3.05, 3.63) is 65.7 Å². The van der Waals surface area contributed by atoms with Crippen LogP contribution in [0.4, 0.5) is 4.39 Å². The van der Waals surface area contributed by atoms with E-state index in [0.717, 1.165) is 28.3 Å². The summed E-state index contributed by atoms with van der Waals surface area (Å²) in [5, 5.41) is 13.1. The van der Waals surface area contributed by atoms with Gasteiger partial charge in [-0.05, 0) is 66.3 Å². The van der Waals surface area contributed by atoms with Crippen molar-refractivity contribution in [3.8, 4) is 5.69 Å². The first-order valence-electron chi connectivity index (χ1n) is 11.9. The molecule has 200 valence electrons. The van der Waals surface area contributed by atoms with E-state index in [2.05, 4.69) is 15.3 Å². The van der Waals surface area contributed by atoms with Gasteiger partial charge in [-0.15, -0.1) is 5.10 Å². The predicted octanol–water partition coefficient (Wildman–Crippen LogP) is 1.77. The van der Waals surface area contributed by atoms with Gasteiger partial charge in [0.1, 0.15) is 5.82 Å². The van der Waals surface area contributed by atoms with Gasteiger partial charge in [0.2, 0.25) is 5.03 Å². The largest absolute Gasteiger partial charge is 0.270 e. The number of sulfonamides is 1. The average molecular weight is 561 g/mol. The van der Waals surface area contributed by atoms with Crippen LogP contribution in [0.5, 0.6) is 0 Å². The molecule has 2 fully saturated rings. The molecule has 11 nitrogen and oxygen atoms in total. The van der Waals surface area contributed by atoms with Crippen molar-refractivity contribution < 1.29 is 25.4 Å². The number of fused-ring (bicyclic) bond motifs is 2. The third-order valence-corrected chi connectivity index (χ3v) is 9.91. The van der Waals surface area contributed by atoms with Crippen molar-refractivity contribution in [2.24, 2.45) is 18.9 Å². The number of rotatable bonds is 7. The Morgan fingerprint density at radius 3 is 2.50 bits per heavy atom. The van der Waals surface area contributed by atoms with Gasteiger partial charge in [0.25, 0.3) is 20.1 Å². The minimum atomic E-state index is -3.89. The maximum Gasteiger partial charge on any atom is 0.264 e. The Morgan fingerprint density at radius 2 is 1.84 bits per heavy atom. The molecule has 14 heteroatoms. The van der Waals surface area contributed by atoms with Crippen molar-refractivity contribution in [1.29, 1.82) is 0 Å². The lowest BCUT2D eigenvalue weighted by Gasteiger charge is -2.24. The van der Waals surface area contributed by atoms with Crippen LogP contribution in [0.15, 0.2) is 53.8 Å². The number of aryl methyl sites for hydroxylation is 2. The van der Waals surface area contributed by atoms with Gasteiger partial charge in [0.05, 0.1) is 36.5 Å².